The van der Waals surface area contributed by atoms with Crippen LogP contribution in [0.3, 0.4) is 0 Å². The predicted molar refractivity (Wildman–Crippen MR) is 35.8 cm³/mol. The van der Waals surface area contributed by atoms with Crippen molar-refractivity contribution >= 4 is 17.6 Å². The van der Waals surface area contributed by atoms with Gasteiger partial charge in [-0.3, -0.25) is 4.98 Å². The Bertz CT molecular complexity index is 265. The van der Waals surface area contributed by atoms with Crippen molar-refractivity contribution in [2.75, 3.05) is 0 Å². The Balaban J connectivity index is 0.00000121. The summed E-state index contributed by atoms with van der Waals surface area (Å²) in [5.74, 6) is -1.18. The molecule has 0 N–H and O–H groups in total. The van der Waals surface area contributed by atoms with Gasteiger partial charge in [0, 0.05) is 12.4 Å². The van der Waals surface area contributed by atoms with Crippen LogP contribution < -0.4 is 24.0 Å². The summed E-state index contributed by atoms with van der Waals surface area (Å²) in [4.78, 5) is 17.4. The molecule has 0 spiro atoms. The number of carbonyl (C=O) groups is 1. The number of carboxylic acid groups (broad SMARTS) is 1. The first-order valence-corrected chi connectivity index (χ1v) is 3.22. The molecule has 0 fully saturated rings. The molecule has 1 rings (SSSR count). The molecule has 12 heavy (non-hydrogen) atoms. The van der Waals surface area contributed by atoms with Crippen LogP contribution in [0.15, 0.2) is 12.4 Å². The second-order valence-corrected chi connectivity index (χ2v) is 2.27. The van der Waals surface area contributed by atoms with Gasteiger partial charge in [-0.25, -0.2) is 4.98 Å². The maximum Gasteiger partial charge on any atom is 1.00 e. The summed E-state index contributed by atoms with van der Waals surface area (Å²) in [7, 11) is 0. The second-order valence-electron chi connectivity index (χ2n) is 1.88. The molecule has 0 unspecified atom stereocenters. The summed E-state index contributed by atoms with van der Waals surface area (Å²) < 4.78 is 0. The molecule has 4 nitrogen and oxygen atoms in total. The van der Waals surface area contributed by atoms with Crippen LogP contribution in [-0.2, 0) is 11.2 Å². The zero-order valence-corrected chi connectivity index (χ0v) is 7.21. The van der Waals surface area contributed by atoms with Gasteiger partial charge < -0.3 is 9.90 Å². The van der Waals surface area contributed by atoms with Crippen molar-refractivity contribution in [2.24, 2.45) is 0 Å². The maximum atomic E-state index is 10.0. The summed E-state index contributed by atoms with van der Waals surface area (Å²) in [5.41, 5.74) is 0.342. The van der Waals surface area contributed by atoms with Crippen molar-refractivity contribution in [1.82, 2.24) is 9.97 Å². The standard InChI is InChI=1S/C6H5ClN2O2.Li/c7-5-3-8-4(2-9-5)1-6(10)11;/h2-3H,1H2,(H,10,11);/q;+1/p-1. The van der Waals surface area contributed by atoms with Gasteiger partial charge in [0.15, 0.2) is 0 Å². The van der Waals surface area contributed by atoms with E-state index in [2.05, 4.69) is 9.97 Å². The van der Waals surface area contributed by atoms with Gasteiger partial charge in [0.05, 0.1) is 18.1 Å². The van der Waals surface area contributed by atoms with Crippen LogP contribution in [0.25, 0.3) is 0 Å². The van der Waals surface area contributed by atoms with E-state index >= 15 is 0 Å². The van der Waals surface area contributed by atoms with Gasteiger partial charge in [-0.05, 0) is 0 Å². The second kappa shape index (κ2) is 5.15. The Hall–Kier alpha value is -0.563. The van der Waals surface area contributed by atoms with Crippen molar-refractivity contribution in [3.63, 3.8) is 0 Å². The normalized spacial score (nSPS) is 8.75. The summed E-state index contributed by atoms with van der Waals surface area (Å²) in [6, 6.07) is 0. The molecular formula is C6H4ClLiN2O2. The summed E-state index contributed by atoms with van der Waals surface area (Å²) in [6.45, 7) is 0. The predicted octanol–water partition coefficient (Wildman–Crippen LogP) is -3.57. The molecule has 1 aromatic heterocycles. The summed E-state index contributed by atoms with van der Waals surface area (Å²) in [6.07, 6.45) is 2.36. The Morgan fingerprint density at radius 2 is 2.17 bits per heavy atom. The van der Waals surface area contributed by atoms with Gasteiger partial charge in [0.25, 0.3) is 0 Å². The zero-order chi connectivity index (χ0) is 8.27. The van der Waals surface area contributed by atoms with E-state index in [1.54, 1.807) is 0 Å². The number of hydrogen-bond donors (Lipinski definition) is 0. The molecule has 0 amide bonds. The molecule has 0 saturated heterocycles. The fourth-order valence-corrected chi connectivity index (χ4v) is 0.676. The van der Waals surface area contributed by atoms with E-state index in [0.29, 0.717) is 5.69 Å². The van der Waals surface area contributed by atoms with Crippen LogP contribution in [0.5, 0.6) is 0 Å². The molecule has 0 atom stereocenters. The Morgan fingerprint density at radius 1 is 1.50 bits per heavy atom. The third-order valence-corrected chi connectivity index (χ3v) is 1.19. The van der Waals surface area contributed by atoms with E-state index < -0.39 is 5.97 Å². The molecule has 0 aliphatic rings. The quantitative estimate of drug-likeness (QED) is 0.440. The van der Waals surface area contributed by atoms with Crippen LogP contribution in [0.1, 0.15) is 5.69 Å². The minimum absolute atomic E-state index is 0. The number of rotatable bonds is 2. The van der Waals surface area contributed by atoms with E-state index in [0.717, 1.165) is 0 Å². The number of aliphatic carboxylic acids is 1. The zero-order valence-electron chi connectivity index (χ0n) is 6.45. The van der Waals surface area contributed by atoms with Gasteiger partial charge in [0.2, 0.25) is 0 Å². The Morgan fingerprint density at radius 3 is 2.58 bits per heavy atom. The van der Waals surface area contributed by atoms with Crippen LogP contribution in [0.4, 0.5) is 0 Å². The van der Waals surface area contributed by atoms with Gasteiger partial charge in [-0.2, -0.15) is 0 Å². The molecular weight excluding hydrogens is 174 g/mol. The molecule has 1 aromatic rings. The monoisotopic (exact) mass is 178 g/mol. The fraction of sp³-hybridized carbons (Fsp3) is 0.167. The van der Waals surface area contributed by atoms with Crippen LogP contribution in [-0.4, -0.2) is 15.9 Å². The van der Waals surface area contributed by atoms with E-state index in [9.17, 15) is 9.90 Å². The van der Waals surface area contributed by atoms with Crippen molar-refractivity contribution in [3.8, 4) is 0 Å². The first-order chi connectivity index (χ1) is 5.18. The van der Waals surface area contributed by atoms with Gasteiger partial charge in [-0.15, -0.1) is 0 Å². The number of halogens is 1. The molecule has 0 aromatic carbocycles. The first kappa shape index (κ1) is 11.4. The molecule has 58 valence electrons. The van der Waals surface area contributed by atoms with Crippen LogP contribution in [0, 0.1) is 0 Å². The van der Waals surface area contributed by atoms with E-state index in [-0.39, 0.29) is 30.4 Å². The van der Waals surface area contributed by atoms with Crippen LogP contribution >= 0.6 is 11.6 Å². The topological polar surface area (TPSA) is 65.9 Å². The summed E-state index contributed by atoms with van der Waals surface area (Å²) in [5, 5.41) is 10.3. The fourth-order valence-electron chi connectivity index (χ4n) is 0.578. The Kier molecular flexibility index (Phi) is 4.91. The van der Waals surface area contributed by atoms with Crippen molar-refractivity contribution in [2.45, 2.75) is 6.42 Å². The number of nitrogens with zero attached hydrogens (tertiary/aromatic N) is 2. The van der Waals surface area contributed by atoms with Crippen molar-refractivity contribution in [1.29, 1.82) is 0 Å². The van der Waals surface area contributed by atoms with E-state index in [1.807, 2.05) is 0 Å². The molecule has 0 aliphatic heterocycles. The average Bonchev–Trinajstić information content (AvgIpc) is 1.93. The molecule has 0 bridgehead atoms. The molecule has 0 saturated carbocycles. The van der Waals surface area contributed by atoms with E-state index in [4.69, 9.17) is 11.6 Å². The summed E-state index contributed by atoms with van der Waals surface area (Å²) >= 11 is 5.41. The number of aromatic nitrogens is 2. The third-order valence-electron chi connectivity index (χ3n) is 0.999. The SMILES string of the molecule is O=C([O-])Cc1cnc(Cl)cn1.[Li+]. The Labute approximate surface area is 86.2 Å². The van der Waals surface area contributed by atoms with Gasteiger partial charge in [-0.1, -0.05) is 11.6 Å². The third kappa shape index (κ3) is 3.72. The van der Waals surface area contributed by atoms with Crippen LogP contribution in [0.2, 0.25) is 5.15 Å². The largest absolute Gasteiger partial charge is 1.00 e. The minimum atomic E-state index is -1.18. The number of carboxylic acids is 1. The number of hydrogen-bond acceptors (Lipinski definition) is 4. The minimum Gasteiger partial charge on any atom is -0.550 e. The molecule has 6 heteroatoms. The first-order valence-electron chi connectivity index (χ1n) is 2.85. The smallest absolute Gasteiger partial charge is 0.550 e. The maximum absolute atomic E-state index is 10.0. The van der Waals surface area contributed by atoms with Crippen molar-refractivity contribution in [3.05, 3.63) is 23.2 Å². The number of carbonyl (C=O) groups excluding carboxylic acids is 1. The van der Waals surface area contributed by atoms with Crippen molar-refractivity contribution < 1.29 is 28.8 Å². The molecule has 1 heterocycles. The van der Waals surface area contributed by atoms with E-state index in [1.165, 1.54) is 12.4 Å². The molecule has 0 aliphatic carbocycles. The van der Waals surface area contributed by atoms with Gasteiger partial charge in [0.1, 0.15) is 5.15 Å². The molecule has 0 radical (unpaired) electrons. The van der Waals surface area contributed by atoms with Gasteiger partial charge >= 0.3 is 18.9 Å². The average molecular weight is 179 g/mol.